The van der Waals surface area contributed by atoms with Gasteiger partial charge in [-0.05, 0) is 24.6 Å². The van der Waals surface area contributed by atoms with Crippen LogP contribution in [0, 0.1) is 10.1 Å². The van der Waals surface area contributed by atoms with E-state index in [-0.39, 0.29) is 24.3 Å². The molecule has 3 rings (SSSR count). The molecule has 1 heterocycles. The van der Waals surface area contributed by atoms with Crippen LogP contribution in [0.5, 0.6) is 0 Å². The van der Waals surface area contributed by atoms with Crippen LogP contribution < -0.4 is 11.1 Å². The Morgan fingerprint density at radius 1 is 1.12 bits per heavy atom. The van der Waals surface area contributed by atoms with E-state index in [0.29, 0.717) is 16.5 Å². The number of carbonyl (C=O) groups excluding carboxylic acids is 3. The Kier molecular flexibility index (Phi) is 7.29. The van der Waals surface area contributed by atoms with Crippen molar-refractivity contribution in [2.75, 3.05) is 6.61 Å². The van der Waals surface area contributed by atoms with Gasteiger partial charge in [-0.1, -0.05) is 30.3 Å². The third-order valence-corrected chi connectivity index (χ3v) is 5.11. The quantitative estimate of drug-likeness (QED) is 0.288. The largest absolute Gasteiger partial charge is 0.466 e. The van der Waals surface area contributed by atoms with Crippen LogP contribution in [0.25, 0.3) is 10.9 Å². The first kappa shape index (κ1) is 23.3. The molecular formula is C23H22N4O6. The molecule has 0 unspecified atom stereocenters. The highest BCUT2D eigenvalue weighted by atomic mass is 16.6. The number of pyridine rings is 1. The summed E-state index contributed by atoms with van der Waals surface area (Å²) in [6.45, 7) is 1.77. The number of primary amides is 1. The van der Waals surface area contributed by atoms with E-state index >= 15 is 0 Å². The highest BCUT2D eigenvalue weighted by Gasteiger charge is 2.33. The molecule has 3 N–H and O–H groups in total. The van der Waals surface area contributed by atoms with Gasteiger partial charge in [0.1, 0.15) is 6.04 Å². The lowest BCUT2D eigenvalue weighted by molar-refractivity contribution is -0.384. The molecule has 2 amide bonds. The Morgan fingerprint density at radius 2 is 1.82 bits per heavy atom. The number of carbonyl (C=O) groups is 3. The molecule has 0 aliphatic heterocycles. The summed E-state index contributed by atoms with van der Waals surface area (Å²) in [5.41, 5.74) is 6.75. The zero-order valence-corrected chi connectivity index (χ0v) is 17.8. The summed E-state index contributed by atoms with van der Waals surface area (Å²) in [5.74, 6) is -2.95. The van der Waals surface area contributed by atoms with Gasteiger partial charge < -0.3 is 15.8 Å². The van der Waals surface area contributed by atoms with E-state index in [1.165, 1.54) is 36.5 Å². The second-order valence-electron chi connectivity index (χ2n) is 7.19. The number of non-ortho nitro benzene ring substituents is 1. The molecule has 170 valence electrons. The van der Waals surface area contributed by atoms with Crippen LogP contribution >= 0.6 is 0 Å². The van der Waals surface area contributed by atoms with E-state index in [1.54, 1.807) is 31.2 Å². The lowest BCUT2D eigenvalue weighted by atomic mass is 9.87. The Hall–Kier alpha value is -4.34. The average molecular weight is 450 g/mol. The number of hydrogen-bond donors (Lipinski definition) is 2. The van der Waals surface area contributed by atoms with Crippen molar-refractivity contribution in [1.82, 2.24) is 10.3 Å². The molecule has 0 spiro atoms. The van der Waals surface area contributed by atoms with Gasteiger partial charge in [-0.25, -0.2) is 0 Å². The molecule has 10 heteroatoms. The third-order valence-electron chi connectivity index (χ3n) is 5.11. The standard InChI is InChI=1S/C23H22N4O6/c1-2-33-20(28)13-18(14-7-9-15(10-8-14)27(31)32)21(22(24)29)26-23(30)17-11-12-25-19-6-4-3-5-16(17)19/h3-12,18,21H,2,13H2,1H3,(H2,24,29)(H,26,30)/t18-,21-/m0/s1. The molecule has 2 aromatic carbocycles. The second kappa shape index (κ2) is 10.3. The molecule has 0 fully saturated rings. The molecule has 10 nitrogen and oxygen atoms in total. The smallest absolute Gasteiger partial charge is 0.306 e. The number of nitrogens with one attached hydrogen (secondary N) is 1. The number of ether oxygens (including phenoxy) is 1. The number of benzene rings is 2. The zero-order valence-electron chi connectivity index (χ0n) is 17.8. The maximum atomic E-state index is 13.1. The number of nitrogens with zero attached hydrogens (tertiary/aromatic N) is 2. The van der Waals surface area contributed by atoms with E-state index in [4.69, 9.17) is 10.5 Å². The first-order chi connectivity index (χ1) is 15.8. The molecule has 0 saturated heterocycles. The van der Waals surface area contributed by atoms with Crippen LogP contribution in [0.4, 0.5) is 5.69 Å². The fourth-order valence-electron chi connectivity index (χ4n) is 3.55. The molecule has 0 aliphatic rings. The van der Waals surface area contributed by atoms with Gasteiger partial charge in [0.15, 0.2) is 0 Å². The predicted molar refractivity (Wildman–Crippen MR) is 119 cm³/mol. The van der Waals surface area contributed by atoms with E-state index < -0.39 is 34.7 Å². The van der Waals surface area contributed by atoms with E-state index in [2.05, 4.69) is 10.3 Å². The number of amides is 2. The van der Waals surface area contributed by atoms with Crippen LogP contribution in [-0.2, 0) is 14.3 Å². The first-order valence-electron chi connectivity index (χ1n) is 10.2. The van der Waals surface area contributed by atoms with Crippen LogP contribution in [0.2, 0.25) is 0 Å². The molecule has 0 saturated carbocycles. The normalized spacial score (nSPS) is 12.5. The minimum Gasteiger partial charge on any atom is -0.466 e. The van der Waals surface area contributed by atoms with Crippen molar-refractivity contribution in [1.29, 1.82) is 0 Å². The van der Waals surface area contributed by atoms with E-state index in [9.17, 15) is 24.5 Å². The van der Waals surface area contributed by atoms with Crippen molar-refractivity contribution in [3.8, 4) is 0 Å². The van der Waals surface area contributed by atoms with E-state index in [0.717, 1.165) is 0 Å². The SMILES string of the molecule is CCOC(=O)C[C@@H](c1ccc([N+](=O)[O-])cc1)[C@H](NC(=O)c1ccnc2ccccc12)C(N)=O. The van der Waals surface area contributed by atoms with Crippen LogP contribution in [0.1, 0.15) is 35.2 Å². The summed E-state index contributed by atoms with van der Waals surface area (Å²) < 4.78 is 5.01. The van der Waals surface area contributed by atoms with E-state index in [1.807, 2.05) is 0 Å². The van der Waals surface area contributed by atoms with Crippen molar-refractivity contribution in [2.45, 2.75) is 25.3 Å². The lowest BCUT2D eigenvalue weighted by Gasteiger charge is -2.26. The predicted octanol–water partition coefficient (Wildman–Crippen LogP) is 2.46. The van der Waals surface area contributed by atoms with Gasteiger partial charge >= 0.3 is 5.97 Å². The number of hydrogen-bond acceptors (Lipinski definition) is 7. The molecule has 3 aromatic rings. The minimum atomic E-state index is -1.28. The summed E-state index contributed by atoms with van der Waals surface area (Å²) in [7, 11) is 0. The number of nitro benzene ring substituents is 1. The second-order valence-corrected chi connectivity index (χ2v) is 7.19. The molecular weight excluding hydrogens is 428 g/mol. The average Bonchev–Trinajstić information content (AvgIpc) is 2.80. The van der Waals surface area contributed by atoms with Crippen molar-refractivity contribution in [3.63, 3.8) is 0 Å². The van der Waals surface area contributed by atoms with Gasteiger partial charge in [0.2, 0.25) is 5.91 Å². The lowest BCUT2D eigenvalue weighted by Crippen LogP contribution is -2.48. The summed E-state index contributed by atoms with van der Waals surface area (Å²) in [4.78, 5) is 52.4. The van der Waals surface area contributed by atoms with Gasteiger partial charge in [0.05, 0.1) is 29.0 Å². The molecule has 2 atom stereocenters. The zero-order chi connectivity index (χ0) is 24.0. The molecule has 0 radical (unpaired) electrons. The molecule has 0 bridgehead atoms. The van der Waals surface area contributed by atoms with Gasteiger partial charge in [0.25, 0.3) is 11.6 Å². The fourth-order valence-corrected chi connectivity index (χ4v) is 3.55. The Morgan fingerprint density at radius 3 is 2.45 bits per heavy atom. The fraction of sp³-hybridized carbons (Fsp3) is 0.217. The van der Waals surface area contributed by atoms with Crippen molar-refractivity contribution in [2.24, 2.45) is 5.73 Å². The summed E-state index contributed by atoms with van der Waals surface area (Å²) in [5, 5.41) is 14.2. The van der Waals surface area contributed by atoms with Gasteiger partial charge in [-0.3, -0.25) is 29.5 Å². The maximum absolute atomic E-state index is 13.1. The summed E-state index contributed by atoms with van der Waals surface area (Å²) in [6.07, 6.45) is 1.21. The van der Waals surface area contributed by atoms with Gasteiger partial charge in [-0.2, -0.15) is 0 Å². The van der Waals surface area contributed by atoms with Crippen molar-refractivity contribution in [3.05, 3.63) is 82.0 Å². The molecule has 33 heavy (non-hydrogen) atoms. The number of rotatable bonds is 9. The van der Waals surface area contributed by atoms with Crippen LogP contribution in [0.15, 0.2) is 60.8 Å². The summed E-state index contributed by atoms with van der Waals surface area (Å²) in [6, 6.07) is 12.6. The van der Waals surface area contributed by atoms with Crippen molar-refractivity contribution < 1.29 is 24.0 Å². The summed E-state index contributed by atoms with van der Waals surface area (Å²) >= 11 is 0. The van der Waals surface area contributed by atoms with Crippen LogP contribution in [-0.4, -0.2) is 40.3 Å². The Balaban J connectivity index is 1.97. The monoisotopic (exact) mass is 450 g/mol. The topological polar surface area (TPSA) is 155 Å². The highest BCUT2D eigenvalue weighted by Crippen LogP contribution is 2.27. The van der Waals surface area contributed by atoms with Crippen molar-refractivity contribution >= 4 is 34.4 Å². The number of esters is 1. The Bertz CT molecular complexity index is 1190. The van der Waals surface area contributed by atoms with Crippen LogP contribution in [0.3, 0.4) is 0 Å². The molecule has 0 aliphatic carbocycles. The highest BCUT2D eigenvalue weighted by molar-refractivity contribution is 6.07. The minimum absolute atomic E-state index is 0.127. The number of nitro groups is 1. The number of fused-ring (bicyclic) bond motifs is 1. The maximum Gasteiger partial charge on any atom is 0.306 e. The first-order valence-corrected chi connectivity index (χ1v) is 10.2. The number of para-hydroxylation sites is 1. The van der Waals surface area contributed by atoms with Gasteiger partial charge in [0, 0.05) is 29.6 Å². The molecule has 1 aromatic heterocycles. The Labute approximate surface area is 188 Å². The number of nitrogens with two attached hydrogens (primary N) is 1. The third kappa shape index (κ3) is 5.48. The number of aromatic nitrogens is 1. The van der Waals surface area contributed by atoms with Gasteiger partial charge in [-0.15, -0.1) is 0 Å².